The fourth-order valence-electron chi connectivity index (χ4n) is 4.31. The molecule has 0 saturated heterocycles. The predicted octanol–water partition coefficient (Wildman–Crippen LogP) is 5.36. The summed E-state index contributed by atoms with van der Waals surface area (Å²) in [5, 5.41) is 2.97. The Hall–Kier alpha value is -3.72. The summed E-state index contributed by atoms with van der Waals surface area (Å²) >= 11 is 0. The molecular formula is C31H38FN3O4S. The minimum absolute atomic E-state index is 0.0834. The van der Waals surface area contributed by atoms with Crippen LogP contribution in [-0.4, -0.2) is 43.8 Å². The quantitative estimate of drug-likeness (QED) is 0.319. The molecule has 2 amide bonds. The number of rotatable bonds is 12. The lowest BCUT2D eigenvalue weighted by atomic mass is 10.1. The number of benzene rings is 3. The van der Waals surface area contributed by atoms with Crippen LogP contribution in [0.3, 0.4) is 0 Å². The molecule has 7 nitrogen and oxygen atoms in total. The Morgan fingerprint density at radius 1 is 0.900 bits per heavy atom. The Morgan fingerprint density at radius 3 is 2.10 bits per heavy atom. The molecule has 0 heterocycles. The van der Waals surface area contributed by atoms with Crippen molar-refractivity contribution in [2.75, 3.05) is 10.8 Å². The number of aryl methyl sites for hydroxylation is 2. The van der Waals surface area contributed by atoms with Gasteiger partial charge in [-0.05, 0) is 81.1 Å². The molecular weight excluding hydrogens is 529 g/mol. The summed E-state index contributed by atoms with van der Waals surface area (Å²) < 4.78 is 42.3. The molecule has 2 unspecified atom stereocenters. The van der Waals surface area contributed by atoms with Crippen molar-refractivity contribution in [2.45, 2.75) is 71.0 Å². The van der Waals surface area contributed by atoms with Gasteiger partial charge in [0.15, 0.2) is 0 Å². The molecule has 0 fully saturated rings. The zero-order valence-corrected chi connectivity index (χ0v) is 24.5. The van der Waals surface area contributed by atoms with Crippen LogP contribution in [-0.2, 0) is 26.2 Å². The van der Waals surface area contributed by atoms with Crippen LogP contribution >= 0.6 is 0 Å². The van der Waals surface area contributed by atoms with Gasteiger partial charge in [0.25, 0.3) is 10.0 Å². The van der Waals surface area contributed by atoms with E-state index in [0.717, 1.165) is 39.5 Å². The van der Waals surface area contributed by atoms with Crippen molar-refractivity contribution in [3.05, 3.63) is 95.3 Å². The molecule has 0 saturated carbocycles. The highest BCUT2D eigenvalue weighted by molar-refractivity contribution is 7.92. The fourth-order valence-corrected chi connectivity index (χ4v) is 5.72. The van der Waals surface area contributed by atoms with E-state index < -0.39 is 34.3 Å². The molecule has 0 aliphatic rings. The molecule has 0 spiro atoms. The molecule has 40 heavy (non-hydrogen) atoms. The van der Waals surface area contributed by atoms with Crippen LogP contribution in [0, 0.1) is 19.7 Å². The average Bonchev–Trinajstić information content (AvgIpc) is 2.93. The second-order valence-electron chi connectivity index (χ2n) is 9.99. The summed E-state index contributed by atoms with van der Waals surface area (Å²) in [7, 11) is -4.25. The highest BCUT2D eigenvalue weighted by Gasteiger charge is 2.34. The second kappa shape index (κ2) is 13.6. The number of nitrogens with zero attached hydrogens (tertiary/aromatic N) is 2. The summed E-state index contributed by atoms with van der Waals surface area (Å²) in [6.07, 6.45) is 1.07. The van der Waals surface area contributed by atoms with Crippen molar-refractivity contribution < 1.29 is 22.4 Å². The van der Waals surface area contributed by atoms with Crippen LogP contribution in [0.25, 0.3) is 0 Å². The lowest BCUT2D eigenvalue weighted by molar-refractivity contribution is -0.140. The number of hydrogen-bond acceptors (Lipinski definition) is 4. The monoisotopic (exact) mass is 567 g/mol. The maximum absolute atomic E-state index is 14.1. The van der Waals surface area contributed by atoms with Gasteiger partial charge >= 0.3 is 0 Å². The Bertz CT molecular complexity index is 1410. The SMILES string of the molecule is CCC(C)NC(=O)C(CC)N(Cc1ccccc1C)C(=O)CN(c1ccc(C)cc1)S(=O)(=O)c1ccc(F)cc1. The second-order valence-corrected chi connectivity index (χ2v) is 11.9. The third-order valence-corrected chi connectivity index (χ3v) is 8.78. The van der Waals surface area contributed by atoms with Gasteiger partial charge in [-0.2, -0.15) is 0 Å². The van der Waals surface area contributed by atoms with Crippen LogP contribution in [0.2, 0.25) is 0 Å². The number of anilines is 1. The van der Waals surface area contributed by atoms with Crippen molar-refractivity contribution in [1.29, 1.82) is 0 Å². The normalized spacial score (nSPS) is 12.8. The summed E-state index contributed by atoms with van der Waals surface area (Å²) in [5.74, 6) is -1.39. The minimum Gasteiger partial charge on any atom is -0.352 e. The third-order valence-electron chi connectivity index (χ3n) is 6.99. The number of carbonyl (C=O) groups excluding carboxylic acids is 2. The van der Waals surface area contributed by atoms with Crippen LogP contribution in [0.4, 0.5) is 10.1 Å². The predicted molar refractivity (Wildman–Crippen MR) is 156 cm³/mol. The highest BCUT2D eigenvalue weighted by atomic mass is 32.2. The maximum atomic E-state index is 14.1. The first-order valence-electron chi connectivity index (χ1n) is 13.5. The van der Waals surface area contributed by atoms with Crippen molar-refractivity contribution in [3.63, 3.8) is 0 Å². The molecule has 0 bridgehead atoms. The van der Waals surface area contributed by atoms with E-state index >= 15 is 0 Å². The van der Waals surface area contributed by atoms with Gasteiger partial charge in [-0.3, -0.25) is 13.9 Å². The smallest absolute Gasteiger partial charge is 0.264 e. The first-order valence-corrected chi connectivity index (χ1v) is 14.9. The molecule has 1 N–H and O–H groups in total. The van der Waals surface area contributed by atoms with Crippen LogP contribution < -0.4 is 9.62 Å². The van der Waals surface area contributed by atoms with Gasteiger partial charge in [0, 0.05) is 12.6 Å². The van der Waals surface area contributed by atoms with Gasteiger partial charge in [0.2, 0.25) is 11.8 Å². The Labute approximate surface area is 237 Å². The number of amides is 2. The molecule has 3 aromatic carbocycles. The Balaban J connectivity index is 2.06. The number of sulfonamides is 1. The molecule has 214 valence electrons. The number of hydrogen-bond donors (Lipinski definition) is 1. The van der Waals surface area contributed by atoms with Crippen LogP contribution in [0.1, 0.15) is 50.3 Å². The standard InChI is InChI=1S/C31H38FN3O4S/c1-6-24(5)33-31(37)29(7-2)34(20-25-11-9-8-10-23(25)4)30(36)21-35(27-16-12-22(3)13-17-27)40(38,39)28-18-14-26(32)15-19-28/h8-19,24,29H,6-7,20-21H2,1-5H3,(H,33,37). The van der Waals surface area contributed by atoms with Gasteiger partial charge in [-0.25, -0.2) is 12.8 Å². The summed E-state index contributed by atoms with van der Waals surface area (Å²) in [6.45, 7) is 9.08. The van der Waals surface area contributed by atoms with Crippen LogP contribution in [0.15, 0.2) is 77.7 Å². The number of halogens is 1. The van der Waals surface area contributed by atoms with Gasteiger partial charge in [-0.1, -0.05) is 55.8 Å². The zero-order valence-electron chi connectivity index (χ0n) is 23.7. The molecule has 9 heteroatoms. The van der Waals surface area contributed by atoms with E-state index in [2.05, 4.69) is 5.32 Å². The topological polar surface area (TPSA) is 86.8 Å². The van der Waals surface area contributed by atoms with E-state index in [4.69, 9.17) is 0 Å². The van der Waals surface area contributed by atoms with Crippen molar-refractivity contribution in [1.82, 2.24) is 10.2 Å². The Kier molecular flexibility index (Phi) is 10.5. The van der Waals surface area contributed by atoms with E-state index in [-0.39, 0.29) is 29.1 Å². The highest BCUT2D eigenvalue weighted by Crippen LogP contribution is 2.26. The van der Waals surface area contributed by atoms with Crippen molar-refractivity contribution >= 4 is 27.5 Å². The van der Waals surface area contributed by atoms with Gasteiger partial charge in [-0.15, -0.1) is 0 Å². The molecule has 3 rings (SSSR count). The minimum atomic E-state index is -4.25. The van der Waals surface area contributed by atoms with E-state index in [9.17, 15) is 22.4 Å². The molecule has 3 aromatic rings. The van der Waals surface area contributed by atoms with Crippen molar-refractivity contribution in [3.8, 4) is 0 Å². The molecule has 0 aliphatic carbocycles. The molecule has 0 aromatic heterocycles. The lowest BCUT2D eigenvalue weighted by Gasteiger charge is -2.34. The summed E-state index contributed by atoms with van der Waals surface area (Å²) in [6, 6.07) is 17.9. The van der Waals surface area contributed by atoms with E-state index in [0.29, 0.717) is 6.42 Å². The molecule has 0 radical (unpaired) electrons. The van der Waals surface area contributed by atoms with Gasteiger partial charge < -0.3 is 10.2 Å². The summed E-state index contributed by atoms with van der Waals surface area (Å²) in [5.41, 5.74) is 3.01. The fraction of sp³-hybridized carbons (Fsp3) is 0.355. The van der Waals surface area contributed by atoms with E-state index in [1.54, 1.807) is 24.3 Å². The third kappa shape index (κ3) is 7.47. The van der Waals surface area contributed by atoms with Crippen molar-refractivity contribution in [2.24, 2.45) is 0 Å². The maximum Gasteiger partial charge on any atom is 0.264 e. The average molecular weight is 568 g/mol. The number of carbonyl (C=O) groups is 2. The Morgan fingerprint density at radius 2 is 1.52 bits per heavy atom. The molecule has 2 atom stereocenters. The first kappa shape index (κ1) is 30.8. The number of nitrogens with one attached hydrogen (secondary N) is 1. The molecule has 0 aliphatic heterocycles. The largest absolute Gasteiger partial charge is 0.352 e. The van der Waals surface area contributed by atoms with Gasteiger partial charge in [0.05, 0.1) is 10.6 Å². The van der Waals surface area contributed by atoms with E-state index in [1.165, 1.54) is 17.0 Å². The van der Waals surface area contributed by atoms with Crippen LogP contribution in [0.5, 0.6) is 0 Å². The summed E-state index contributed by atoms with van der Waals surface area (Å²) in [4.78, 5) is 28.7. The van der Waals surface area contributed by atoms with E-state index in [1.807, 2.05) is 58.9 Å². The zero-order chi connectivity index (χ0) is 29.4. The first-order chi connectivity index (χ1) is 19.0. The van der Waals surface area contributed by atoms with Gasteiger partial charge in [0.1, 0.15) is 18.4 Å². The lowest BCUT2D eigenvalue weighted by Crippen LogP contribution is -2.53.